The summed E-state index contributed by atoms with van der Waals surface area (Å²) in [6, 6.07) is 22.8. The second kappa shape index (κ2) is 7.81. The molecular formula is C27H29NO2. The van der Waals surface area contributed by atoms with Gasteiger partial charge in [0.15, 0.2) is 11.5 Å². The van der Waals surface area contributed by atoms with Gasteiger partial charge in [0.05, 0.1) is 14.2 Å². The van der Waals surface area contributed by atoms with Gasteiger partial charge in [-0.3, -0.25) is 4.90 Å². The molecule has 2 aliphatic rings. The van der Waals surface area contributed by atoms with Crippen molar-refractivity contribution in [3.05, 3.63) is 94.0 Å². The maximum absolute atomic E-state index is 5.67. The van der Waals surface area contributed by atoms with E-state index in [1.54, 1.807) is 14.2 Å². The molecule has 3 nitrogen and oxygen atoms in total. The maximum atomic E-state index is 5.67. The molecule has 154 valence electrons. The second-order valence-corrected chi connectivity index (χ2v) is 8.58. The highest BCUT2D eigenvalue weighted by atomic mass is 16.5. The minimum atomic E-state index is 0.363. The Balaban J connectivity index is 1.62. The maximum Gasteiger partial charge on any atom is 0.161 e. The average Bonchev–Trinajstić information content (AvgIpc) is 2.78. The summed E-state index contributed by atoms with van der Waals surface area (Å²) in [5, 5.41) is 0. The largest absolute Gasteiger partial charge is 0.493 e. The van der Waals surface area contributed by atoms with E-state index in [0.717, 1.165) is 37.4 Å². The van der Waals surface area contributed by atoms with E-state index in [2.05, 4.69) is 72.5 Å². The number of benzene rings is 3. The van der Waals surface area contributed by atoms with Gasteiger partial charge in [-0.15, -0.1) is 0 Å². The summed E-state index contributed by atoms with van der Waals surface area (Å²) in [5.41, 5.74) is 8.42. The van der Waals surface area contributed by atoms with Crippen molar-refractivity contribution < 1.29 is 9.47 Å². The Bertz CT molecular complexity index is 1060. The molecule has 30 heavy (non-hydrogen) atoms. The fourth-order valence-electron chi connectivity index (χ4n) is 5.39. The highest BCUT2D eigenvalue weighted by Crippen LogP contribution is 2.47. The topological polar surface area (TPSA) is 21.7 Å². The second-order valence-electron chi connectivity index (χ2n) is 8.58. The molecule has 1 aliphatic heterocycles. The van der Waals surface area contributed by atoms with Crippen LogP contribution in [0.2, 0.25) is 0 Å². The van der Waals surface area contributed by atoms with E-state index in [1.807, 2.05) is 0 Å². The molecule has 0 spiro atoms. The standard InChI is InChI=1S/C27H29NO2/c1-18-9-11-22-21(13-18)17-28(16-19-7-5-4-6-8-19)24-12-10-20-14-25(29-2)26(30-3)15-23(20)27(22)24/h4-9,11,13-15,24,27H,10,12,16-17H2,1-3H3/t24-,27-/m1/s1. The fourth-order valence-corrected chi connectivity index (χ4v) is 5.39. The van der Waals surface area contributed by atoms with Crippen molar-refractivity contribution in [3.8, 4) is 11.5 Å². The first-order chi connectivity index (χ1) is 14.7. The van der Waals surface area contributed by atoms with E-state index in [1.165, 1.54) is 33.4 Å². The van der Waals surface area contributed by atoms with Crippen molar-refractivity contribution in [1.29, 1.82) is 0 Å². The summed E-state index contributed by atoms with van der Waals surface area (Å²) >= 11 is 0. The normalized spacial score (nSPS) is 20.1. The Hall–Kier alpha value is -2.78. The van der Waals surface area contributed by atoms with E-state index < -0.39 is 0 Å². The van der Waals surface area contributed by atoms with Crippen LogP contribution in [0, 0.1) is 6.92 Å². The van der Waals surface area contributed by atoms with Gasteiger partial charge in [-0.25, -0.2) is 0 Å². The zero-order chi connectivity index (χ0) is 20.7. The molecule has 0 aromatic heterocycles. The lowest BCUT2D eigenvalue weighted by Gasteiger charge is -2.46. The molecule has 0 saturated heterocycles. The predicted octanol–water partition coefficient (Wildman–Crippen LogP) is 5.47. The van der Waals surface area contributed by atoms with Crippen molar-refractivity contribution in [3.63, 3.8) is 0 Å². The van der Waals surface area contributed by atoms with Crippen molar-refractivity contribution in [2.45, 2.75) is 44.8 Å². The van der Waals surface area contributed by atoms with Crippen LogP contribution in [-0.4, -0.2) is 25.2 Å². The number of rotatable bonds is 4. The van der Waals surface area contributed by atoms with Gasteiger partial charge >= 0.3 is 0 Å². The van der Waals surface area contributed by atoms with Crippen LogP contribution >= 0.6 is 0 Å². The lowest BCUT2D eigenvalue weighted by atomic mass is 9.71. The number of fused-ring (bicyclic) bond motifs is 5. The monoisotopic (exact) mass is 399 g/mol. The summed E-state index contributed by atoms with van der Waals surface area (Å²) in [4.78, 5) is 2.68. The molecule has 3 aromatic carbocycles. The lowest BCUT2D eigenvalue weighted by molar-refractivity contribution is 0.132. The van der Waals surface area contributed by atoms with Gasteiger partial charge in [0.2, 0.25) is 0 Å². The number of hydrogen-bond donors (Lipinski definition) is 0. The first-order valence-corrected chi connectivity index (χ1v) is 10.8. The minimum absolute atomic E-state index is 0.363. The molecule has 3 aromatic rings. The van der Waals surface area contributed by atoms with Gasteiger partial charge in [-0.05, 0) is 59.7 Å². The van der Waals surface area contributed by atoms with E-state index in [4.69, 9.17) is 9.47 Å². The molecule has 1 aliphatic carbocycles. The van der Waals surface area contributed by atoms with Crippen molar-refractivity contribution >= 4 is 0 Å². The van der Waals surface area contributed by atoms with Crippen LogP contribution in [0.15, 0.2) is 60.7 Å². The fraction of sp³-hybridized carbons (Fsp3) is 0.333. The van der Waals surface area contributed by atoms with Crippen LogP contribution in [0.25, 0.3) is 0 Å². The molecule has 0 saturated carbocycles. The average molecular weight is 400 g/mol. The van der Waals surface area contributed by atoms with Crippen molar-refractivity contribution in [2.24, 2.45) is 0 Å². The van der Waals surface area contributed by atoms with Crippen LogP contribution < -0.4 is 9.47 Å². The van der Waals surface area contributed by atoms with Gasteiger partial charge in [0.25, 0.3) is 0 Å². The third kappa shape index (κ3) is 3.27. The number of aryl methyl sites for hydroxylation is 2. The quantitative estimate of drug-likeness (QED) is 0.580. The molecule has 5 rings (SSSR count). The summed E-state index contributed by atoms with van der Waals surface area (Å²) in [5.74, 6) is 2.02. The molecule has 2 atom stereocenters. The molecule has 1 heterocycles. The lowest BCUT2D eigenvalue weighted by Crippen LogP contribution is -2.45. The Labute approximate surface area is 179 Å². The van der Waals surface area contributed by atoms with Crippen LogP contribution in [-0.2, 0) is 19.5 Å². The van der Waals surface area contributed by atoms with Gasteiger partial charge in [0.1, 0.15) is 0 Å². The Morgan fingerprint density at radius 1 is 0.867 bits per heavy atom. The van der Waals surface area contributed by atoms with Crippen LogP contribution in [0.3, 0.4) is 0 Å². The Morgan fingerprint density at radius 3 is 2.40 bits per heavy atom. The number of ether oxygens (including phenoxy) is 2. The van der Waals surface area contributed by atoms with Gasteiger partial charge < -0.3 is 9.47 Å². The number of methoxy groups -OCH3 is 2. The first-order valence-electron chi connectivity index (χ1n) is 10.8. The molecule has 0 radical (unpaired) electrons. The third-order valence-electron chi connectivity index (χ3n) is 6.78. The molecule has 0 unspecified atom stereocenters. The van der Waals surface area contributed by atoms with E-state index >= 15 is 0 Å². The Morgan fingerprint density at radius 2 is 1.63 bits per heavy atom. The highest BCUT2D eigenvalue weighted by Gasteiger charge is 2.40. The van der Waals surface area contributed by atoms with E-state index in [-0.39, 0.29) is 0 Å². The smallest absolute Gasteiger partial charge is 0.161 e. The van der Waals surface area contributed by atoms with Gasteiger partial charge in [-0.1, -0.05) is 54.1 Å². The summed E-state index contributed by atoms with van der Waals surface area (Å²) in [7, 11) is 3.45. The van der Waals surface area contributed by atoms with E-state index in [0.29, 0.717) is 12.0 Å². The summed E-state index contributed by atoms with van der Waals surface area (Å²) in [6.45, 7) is 4.18. The molecule has 0 fully saturated rings. The summed E-state index contributed by atoms with van der Waals surface area (Å²) < 4.78 is 11.3. The van der Waals surface area contributed by atoms with Gasteiger partial charge in [0, 0.05) is 25.0 Å². The SMILES string of the molecule is COc1cc2c(cc1OC)[C@H]1c3ccc(C)cc3CN(Cc3ccccc3)[C@@H]1CC2. The molecule has 0 amide bonds. The third-order valence-corrected chi connectivity index (χ3v) is 6.78. The zero-order valence-electron chi connectivity index (χ0n) is 18.0. The Kier molecular flexibility index (Phi) is 5.00. The first kappa shape index (κ1) is 19.2. The minimum Gasteiger partial charge on any atom is -0.493 e. The van der Waals surface area contributed by atoms with Crippen LogP contribution in [0.4, 0.5) is 0 Å². The van der Waals surface area contributed by atoms with Crippen LogP contribution in [0.5, 0.6) is 11.5 Å². The molecular weight excluding hydrogens is 370 g/mol. The molecule has 3 heteroatoms. The molecule has 0 bridgehead atoms. The predicted molar refractivity (Wildman–Crippen MR) is 120 cm³/mol. The summed E-state index contributed by atoms with van der Waals surface area (Å²) in [6.07, 6.45) is 2.23. The number of hydrogen-bond acceptors (Lipinski definition) is 3. The van der Waals surface area contributed by atoms with Gasteiger partial charge in [-0.2, -0.15) is 0 Å². The van der Waals surface area contributed by atoms with E-state index in [9.17, 15) is 0 Å². The van der Waals surface area contributed by atoms with Crippen LogP contribution in [0.1, 0.15) is 45.7 Å². The molecule has 0 N–H and O–H groups in total. The highest BCUT2D eigenvalue weighted by molar-refractivity contribution is 5.54. The number of nitrogens with zero attached hydrogens (tertiary/aromatic N) is 1. The zero-order valence-corrected chi connectivity index (χ0v) is 18.0. The van der Waals surface area contributed by atoms with Crippen molar-refractivity contribution in [1.82, 2.24) is 4.90 Å². The van der Waals surface area contributed by atoms with Crippen molar-refractivity contribution in [2.75, 3.05) is 14.2 Å².